The molecule has 0 bridgehead atoms. The summed E-state index contributed by atoms with van der Waals surface area (Å²) < 4.78 is 9.18. The monoisotopic (exact) mass is 748 g/mol. The Labute approximate surface area is 327 Å². The summed E-state index contributed by atoms with van der Waals surface area (Å²) in [7, 11) is 2.47. The number of hydrogen-bond donors (Lipinski definition) is 2. The van der Waals surface area contributed by atoms with E-state index in [4.69, 9.17) is 9.47 Å². The Morgan fingerprint density at radius 3 is 1.18 bits per heavy atom. The molecule has 0 spiro atoms. The summed E-state index contributed by atoms with van der Waals surface area (Å²) >= 11 is 1.62. The molecule has 8 heteroatoms. The van der Waals surface area contributed by atoms with Gasteiger partial charge in [-0.25, -0.2) is 4.79 Å². The second-order valence-electron chi connectivity index (χ2n) is 13.0. The van der Waals surface area contributed by atoms with E-state index in [1.807, 2.05) is 146 Å². The zero-order chi connectivity index (χ0) is 38.5. The van der Waals surface area contributed by atoms with Crippen molar-refractivity contribution in [3.8, 4) is 0 Å². The zero-order valence-corrected chi connectivity index (χ0v) is 31.7. The van der Waals surface area contributed by atoms with E-state index in [1.54, 1.807) is 11.8 Å². The van der Waals surface area contributed by atoms with Crippen LogP contribution < -0.4 is 10.6 Å². The van der Waals surface area contributed by atoms with Crippen LogP contribution in [-0.2, 0) is 34.1 Å². The predicted octanol–water partition coefficient (Wildman–Crippen LogP) is 7.88. The molecule has 0 fully saturated rings. The van der Waals surface area contributed by atoms with Crippen molar-refractivity contribution in [3.63, 3.8) is 0 Å². The molecule has 0 aliphatic rings. The maximum Gasteiger partial charge on any atom is 0.328 e. The summed E-state index contributed by atoms with van der Waals surface area (Å²) in [6.07, 6.45) is -0.391. The first-order valence-electron chi connectivity index (χ1n) is 18.1. The van der Waals surface area contributed by atoms with Crippen molar-refractivity contribution in [2.45, 2.75) is 28.8 Å². The fourth-order valence-corrected chi connectivity index (χ4v) is 8.65. The lowest BCUT2D eigenvalue weighted by molar-refractivity contribution is -0.150. The molecule has 6 aromatic carbocycles. The van der Waals surface area contributed by atoms with E-state index in [9.17, 15) is 14.4 Å². The van der Waals surface area contributed by atoms with Gasteiger partial charge in [-0.3, -0.25) is 14.9 Å². The molecule has 6 rings (SSSR count). The lowest BCUT2D eigenvalue weighted by Gasteiger charge is -2.41. The molecule has 0 saturated carbocycles. The summed E-state index contributed by atoms with van der Waals surface area (Å²) in [4.78, 5) is 40.6. The lowest BCUT2D eigenvalue weighted by atomic mass is 9.76. The van der Waals surface area contributed by atoms with Gasteiger partial charge in [-0.15, -0.1) is 11.8 Å². The van der Waals surface area contributed by atoms with E-state index in [0.29, 0.717) is 0 Å². The van der Waals surface area contributed by atoms with Crippen molar-refractivity contribution in [2.24, 2.45) is 0 Å². The summed E-state index contributed by atoms with van der Waals surface area (Å²) in [5, 5.41) is 6.75. The molecule has 0 heterocycles. The minimum atomic E-state index is -1.28. The molecule has 2 N–H and O–H groups in total. The Hall–Kier alpha value is -5.96. The highest BCUT2D eigenvalue weighted by atomic mass is 32.2. The molecule has 2 atom stereocenters. The Balaban J connectivity index is 1.55. The van der Waals surface area contributed by atoms with Crippen molar-refractivity contribution in [3.05, 3.63) is 215 Å². The average molecular weight is 749 g/mol. The molecule has 1 amide bonds. The predicted molar refractivity (Wildman–Crippen MR) is 218 cm³/mol. The first kappa shape index (κ1) is 38.8. The topological polar surface area (TPSA) is 93.7 Å². The quantitative estimate of drug-likeness (QED) is 0.0769. The highest BCUT2D eigenvalue weighted by Crippen LogP contribution is 2.49. The van der Waals surface area contributed by atoms with Gasteiger partial charge >= 0.3 is 11.9 Å². The van der Waals surface area contributed by atoms with Gasteiger partial charge in [-0.1, -0.05) is 182 Å². The van der Waals surface area contributed by atoms with Gasteiger partial charge < -0.3 is 14.8 Å². The van der Waals surface area contributed by atoms with Gasteiger partial charge in [0.15, 0.2) is 0 Å². The van der Waals surface area contributed by atoms with E-state index >= 15 is 0 Å². The third-order valence-electron chi connectivity index (χ3n) is 9.74. The van der Waals surface area contributed by atoms with Gasteiger partial charge in [0.2, 0.25) is 5.91 Å². The summed E-state index contributed by atoms with van der Waals surface area (Å²) in [6.45, 7) is 0. The number of carbonyl (C=O) groups is 3. The Bertz CT molecular complexity index is 1930. The van der Waals surface area contributed by atoms with E-state index in [1.165, 1.54) is 14.2 Å². The number of amides is 1. The molecule has 7 nitrogen and oxygen atoms in total. The second-order valence-corrected chi connectivity index (χ2v) is 14.2. The van der Waals surface area contributed by atoms with E-state index in [0.717, 1.165) is 33.4 Å². The number of ether oxygens (including phenoxy) is 2. The average Bonchev–Trinajstić information content (AvgIpc) is 3.26. The van der Waals surface area contributed by atoms with Crippen LogP contribution in [-0.4, -0.2) is 49.9 Å². The highest BCUT2D eigenvalue weighted by Gasteiger charge is 2.43. The van der Waals surface area contributed by atoms with Crippen LogP contribution in [0.1, 0.15) is 39.8 Å². The largest absolute Gasteiger partial charge is 0.469 e. The number of hydrogen-bond acceptors (Lipinski definition) is 7. The van der Waals surface area contributed by atoms with Crippen molar-refractivity contribution in [2.75, 3.05) is 20.0 Å². The smallest absolute Gasteiger partial charge is 0.328 e. The number of nitrogens with one attached hydrogen (secondary N) is 2. The summed E-state index contributed by atoms with van der Waals surface area (Å²) in [5.74, 6) is -1.66. The van der Waals surface area contributed by atoms with Gasteiger partial charge in [-0.2, -0.15) is 0 Å². The molecule has 278 valence electrons. The van der Waals surface area contributed by atoms with Crippen LogP contribution >= 0.6 is 11.8 Å². The van der Waals surface area contributed by atoms with Crippen molar-refractivity contribution in [1.29, 1.82) is 0 Å². The molecule has 0 unspecified atom stereocenters. The second kappa shape index (κ2) is 18.4. The molecular weight excluding hydrogens is 705 g/mol. The zero-order valence-electron chi connectivity index (χ0n) is 30.8. The number of carbonyl (C=O) groups excluding carboxylic acids is 3. The number of esters is 2. The normalized spacial score (nSPS) is 12.5. The van der Waals surface area contributed by atoms with Gasteiger partial charge in [0, 0.05) is 5.75 Å². The first-order chi connectivity index (χ1) is 26.9. The number of thioether (sulfide) groups is 1. The van der Waals surface area contributed by atoms with Crippen LogP contribution in [0.15, 0.2) is 182 Å². The van der Waals surface area contributed by atoms with Crippen LogP contribution in [0.4, 0.5) is 0 Å². The summed E-state index contributed by atoms with van der Waals surface area (Å²) in [5.41, 5.74) is 4.81. The van der Waals surface area contributed by atoms with E-state index in [-0.39, 0.29) is 5.75 Å². The van der Waals surface area contributed by atoms with Gasteiger partial charge in [0.05, 0.1) is 37.0 Å². The molecule has 0 aliphatic heterocycles. The molecule has 0 saturated heterocycles. The molecule has 6 aromatic rings. The van der Waals surface area contributed by atoms with Crippen LogP contribution in [0.2, 0.25) is 0 Å². The highest BCUT2D eigenvalue weighted by molar-refractivity contribution is 8.00. The minimum absolute atomic E-state index is 0.227. The fraction of sp³-hybridized carbons (Fsp3) is 0.170. The van der Waals surface area contributed by atoms with Gasteiger partial charge in [-0.05, 0) is 33.4 Å². The van der Waals surface area contributed by atoms with Crippen LogP contribution in [0, 0.1) is 0 Å². The SMILES string of the molecule is COC(=O)C[C@@H](NC(=O)[C@@H](CSC(c1ccccc1)(c1ccccc1)c1ccccc1)NC(c1ccccc1)(c1ccccc1)c1ccccc1)C(=O)OC. The van der Waals surface area contributed by atoms with Crippen molar-refractivity contribution in [1.82, 2.24) is 10.6 Å². The van der Waals surface area contributed by atoms with E-state index in [2.05, 4.69) is 47.0 Å². The molecular formula is C47H44N2O5S. The number of methoxy groups -OCH3 is 2. The van der Waals surface area contributed by atoms with Crippen LogP contribution in [0.5, 0.6) is 0 Å². The van der Waals surface area contributed by atoms with Crippen molar-refractivity contribution < 1.29 is 23.9 Å². The molecule has 0 radical (unpaired) electrons. The third-order valence-corrected chi connectivity index (χ3v) is 11.4. The Morgan fingerprint density at radius 1 is 0.509 bits per heavy atom. The van der Waals surface area contributed by atoms with Crippen molar-refractivity contribution >= 4 is 29.6 Å². The third kappa shape index (κ3) is 8.56. The summed E-state index contributed by atoms with van der Waals surface area (Å²) in [6, 6.07) is 58.7. The molecule has 0 aliphatic carbocycles. The number of benzene rings is 6. The Kier molecular flexibility index (Phi) is 13.0. The lowest BCUT2D eigenvalue weighted by Crippen LogP contribution is -2.58. The molecule has 55 heavy (non-hydrogen) atoms. The van der Waals surface area contributed by atoms with Gasteiger partial charge in [0.1, 0.15) is 6.04 Å². The fourth-order valence-electron chi connectivity index (χ4n) is 7.09. The maximum atomic E-state index is 15.0. The molecule has 0 aromatic heterocycles. The minimum Gasteiger partial charge on any atom is -0.469 e. The number of rotatable bonds is 16. The maximum absolute atomic E-state index is 15.0. The van der Waals surface area contributed by atoms with E-state index < -0.39 is 46.6 Å². The van der Waals surface area contributed by atoms with Crippen LogP contribution in [0.3, 0.4) is 0 Å². The Morgan fingerprint density at radius 2 is 0.855 bits per heavy atom. The van der Waals surface area contributed by atoms with Gasteiger partial charge in [0.25, 0.3) is 0 Å². The standard InChI is InChI=1S/C47H44N2O5S/c1-53-43(50)33-41(45(52)54-2)48-44(51)42(49-46(35-21-9-3-10-22-35,36-23-11-4-12-24-36)37-25-13-5-14-26-37)34-55-47(38-27-15-6-16-28-38,39-29-17-7-18-30-39)40-31-19-8-20-32-40/h3-32,41-42,49H,33-34H2,1-2H3,(H,48,51)/t41-,42-/m1/s1. The van der Waals surface area contributed by atoms with Crippen LogP contribution in [0.25, 0.3) is 0 Å². The first-order valence-corrected chi connectivity index (χ1v) is 19.1.